The molecule has 0 aromatic rings. The molecule has 322 valence electrons. The van der Waals surface area contributed by atoms with Crippen molar-refractivity contribution in [3.63, 3.8) is 0 Å². The summed E-state index contributed by atoms with van der Waals surface area (Å²) in [5.41, 5.74) is 0.472. The molecule has 4 saturated carbocycles. The first-order valence-electron chi connectivity index (χ1n) is 23.9. The number of allylic oxidation sites excluding steroid dienone is 2. The van der Waals surface area contributed by atoms with Gasteiger partial charge in [-0.05, 0) is 189 Å². The topological polar surface area (TPSA) is 44.8 Å². The number of unbranched alkanes of at least 4 members (excludes halogenated alkanes) is 12. The van der Waals surface area contributed by atoms with Gasteiger partial charge in [-0.25, -0.2) is 0 Å². The lowest BCUT2D eigenvalue weighted by molar-refractivity contribution is -0.170. The Labute approximate surface area is 344 Å². The predicted octanol–water partition coefficient (Wildman–Crippen LogP) is 15.0. The molecular weight excluding hydrogens is 697 g/mol. The molecule has 0 aliphatic heterocycles. The van der Waals surface area contributed by atoms with E-state index in [-0.39, 0.29) is 18.4 Å². The molecule has 6 unspecified atom stereocenters. The monoisotopic (exact) mass is 789 g/mol. The van der Waals surface area contributed by atoms with Crippen molar-refractivity contribution in [1.82, 2.24) is 0 Å². The molecule has 10 atom stereocenters. The van der Waals surface area contributed by atoms with Gasteiger partial charge in [0.15, 0.2) is 6.29 Å². The number of carbonyl (C=O) groups excluding carboxylic acids is 1. The number of hydrogen-bond donors (Lipinski definition) is 0. The van der Waals surface area contributed by atoms with Crippen LogP contribution in [0.4, 0.5) is 0 Å². The number of rotatable bonds is 24. The van der Waals surface area contributed by atoms with Gasteiger partial charge < -0.3 is 13.7 Å². The minimum Gasteiger partial charge on any atom is -0.462 e. The number of ether oxygens (including phenoxy) is 2. The fraction of sp³-hybridized carbons (Fsp3) is 0.940. The third-order valence-corrected chi connectivity index (χ3v) is 16.3. The van der Waals surface area contributed by atoms with E-state index in [1.807, 2.05) is 20.8 Å². The van der Waals surface area contributed by atoms with Crippen molar-refractivity contribution in [2.45, 2.75) is 221 Å². The third kappa shape index (κ3) is 14.0. The van der Waals surface area contributed by atoms with E-state index in [4.69, 9.17) is 13.7 Å². The second-order valence-electron chi connectivity index (χ2n) is 21.6. The van der Waals surface area contributed by atoms with Gasteiger partial charge in [-0.1, -0.05) is 97.6 Å². The zero-order valence-electron chi connectivity index (χ0n) is 38.2. The van der Waals surface area contributed by atoms with E-state index < -0.39 is 15.7 Å². The quantitative estimate of drug-likeness (QED) is 0.0423. The van der Waals surface area contributed by atoms with Crippen LogP contribution in [0.1, 0.15) is 209 Å². The summed E-state index contributed by atoms with van der Waals surface area (Å²) in [6, 6.07) is 0. The van der Waals surface area contributed by atoms with E-state index in [9.17, 15) is 4.79 Å². The highest BCUT2D eigenvalue weighted by Crippen LogP contribution is 2.68. The van der Waals surface area contributed by atoms with Crippen LogP contribution in [-0.2, 0) is 18.5 Å². The average molecular weight is 789 g/mol. The Morgan fingerprint density at radius 3 is 1.98 bits per heavy atom. The minimum absolute atomic E-state index is 0.0211. The number of hydrogen-bond acceptors (Lipinski definition) is 4. The standard InChI is InChI=1S/C50H92O4S/c1-11-12-13-14-15-16-17-18-19-20-21-22-23-24-25-26-37-52-46(54-55(8,9)10)32-27-39(2)43-30-31-44-42-29-28-40-38-41(53-47(51)48(3,4)5)33-35-49(40,6)45(42)34-36-50(43,44)7/h18-19,39-46H,11-17,20-38H2,1-10H3/b19-18-/t39-,40?,41-,42?,43?,44?,45?,46?,49+,50-/m1/s1. The molecule has 0 spiro atoms. The zero-order valence-corrected chi connectivity index (χ0v) is 39.0. The molecule has 0 N–H and O–H groups in total. The molecule has 4 rings (SSSR count). The van der Waals surface area contributed by atoms with Gasteiger partial charge in [0.25, 0.3) is 0 Å². The van der Waals surface area contributed by atoms with Crippen LogP contribution in [0, 0.1) is 51.8 Å². The van der Waals surface area contributed by atoms with Crippen LogP contribution in [0.5, 0.6) is 0 Å². The van der Waals surface area contributed by atoms with Gasteiger partial charge in [-0.2, -0.15) is 0 Å². The summed E-state index contributed by atoms with van der Waals surface area (Å²) in [4.78, 5) is 12.7. The second kappa shape index (κ2) is 22.2. The lowest BCUT2D eigenvalue weighted by Crippen LogP contribution is -2.54. The van der Waals surface area contributed by atoms with Gasteiger partial charge in [0.2, 0.25) is 0 Å². The summed E-state index contributed by atoms with van der Waals surface area (Å²) in [5.74, 6) is 4.82. The van der Waals surface area contributed by atoms with E-state index in [0.717, 1.165) is 56.0 Å². The summed E-state index contributed by atoms with van der Waals surface area (Å²) in [6.45, 7) is 17.0. The van der Waals surface area contributed by atoms with Crippen molar-refractivity contribution < 1.29 is 18.5 Å². The number of fused-ring (bicyclic) bond motifs is 5. The van der Waals surface area contributed by atoms with Crippen LogP contribution in [0.3, 0.4) is 0 Å². The first kappa shape index (κ1) is 47.2. The number of esters is 1. The van der Waals surface area contributed by atoms with Gasteiger partial charge in [-0.15, -0.1) is 10.3 Å². The average Bonchev–Trinajstić information content (AvgIpc) is 3.48. The molecule has 4 fully saturated rings. The SMILES string of the molecule is CCCCCCCC/C=C\CCCCCCCCOC(CC[C@@H](C)C1CCC2C3CCC4C[C@H](OC(=O)C(C)(C)C)CC[C@]4(C)C3CC[C@@]21C)OS(C)(C)C. The minimum atomic E-state index is -1.09. The smallest absolute Gasteiger partial charge is 0.311 e. The number of carbonyl (C=O) groups is 1. The van der Waals surface area contributed by atoms with E-state index in [2.05, 4.69) is 58.6 Å². The van der Waals surface area contributed by atoms with Crippen molar-refractivity contribution in [3.8, 4) is 0 Å². The van der Waals surface area contributed by atoms with Crippen molar-refractivity contribution in [1.29, 1.82) is 0 Å². The second-order valence-corrected chi connectivity index (χ2v) is 25.2. The summed E-state index contributed by atoms with van der Waals surface area (Å²) in [5, 5.41) is 0. The lowest BCUT2D eigenvalue weighted by Gasteiger charge is -2.61. The van der Waals surface area contributed by atoms with Gasteiger partial charge in [0.05, 0.1) is 5.41 Å². The third-order valence-electron chi connectivity index (χ3n) is 15.5. The Hall–Kier alpha value is -0.520. The van der Waals surface area contributed by atoms with Crippen molar-refractivity contribution >= 4 is 16.3 Å². The molecule has 4 aliphatic rings. The molecule has 0 aromatic heterocycles. The molecule has 0 aromatic carbocycles. The lowest BCUT2D eigenvalue weighted by atomic mass is 9.44. The van der Waals surface area contributed by atoms with Gasteiger partial charge in [-0.3, -0.25) is 4.79 Å². The Kier molecular flexibility index (Phi) is 19.0. The molecule has 4 aliphatic carbocycles. The summed E-state index contributed by atoms with van der Waals surface area (Å²) < 4.78 is 19.2. The van der Waals surface area contributed by atoms with E-state index in [1.54, 1.807) is 0 Å². The van der Waals surface area contributed by atoms with Gasteiger partial charge >= 0.3 is 5.97 Å². The van der Waals surface area contributed by atoms with Crippen LogP contribution >= 0.6 is 10.3 Å². The molecule has 4 nitrogen and oxygen atoms in total. The Balaban J connectivity index is 1.15. The Morgan fingerprint density at radius 2 is 1.35 bits per heavy atom. The zero-order chi connectivity index (χ0) is 40.1. The molecule has 5 heteroatoms. The van der Waals surface area contributed by atoms with Crippen LogP contribution in [0.25, 0.3) is 0 Å². The first-order valence-corrected chi connectivity index (χ1v) is 26.7. The maximum Gasteiger partial charge on any atom is 0.311 e. The summed E-state index contributed by atoms with van der Waals surface area (Å²) >= 11 is 0. The van der Waals surface area contributed by atoms with E-state index in [1.165, 1.54) is 135 Å². The predicted molar refractivity (Wildman–Crippen MR) is 239 cm³/mol. The fourth-order valence-corrected chi connectivity index (χ4v) is 13.1. The summed E-state index contributed by atoms with van der Waals surface area (Å²) in [6.07, 6.45) is 44.4. The molecule has 0 bridgehead atoms. The normalized spacial score (nSPS) is 32.5. The Morgan fingerprint density at radius 1 is 0.745 bits per heavy atom. The molecular formula is C50H92O4S. The van der Waals surface area contributed by atoms with Crippen molar-refractivity contribution in [2.75, 3.05) is 25.4 Å². The molecule has 0 heterocycles. The van der Waals surface area contributed by atoms with Crippen molar-refractivity contribution in [2.24, 2.45) is 51.8 Å². The first-order chi connectivity index (χ1) is 26.1. The van der Waals surface area contributed by atoms with Crippen LogP contribution in [-0.4, -0.2) is 43.7 Å². The highest BCUT2D eigenvalue weighted by atomic mass is 32.3. The molecule has 0 radical (unpaired) electrons. The van der Waals surface area contributed by atoms with Gasteiger partial charge in [0.1, 0.15) is 6.10 Å². The fourth-order valence-electron chi connectivity index (χ4n) is 12.3. The maximum absolute atomic E-state index is 12.7. The van der Waals surface area contributed by atoms with E-state index >= 15 is 0 Å². The van der Waals surface area contributed by atoms with E-state index in [0.29, 0.717) is 22.7 Å². The van der Waals surface area contributed by atoms with Crippen molar-refractivity contribution in [3.05, 3.63) is 12.2 Å². The molecule has 55 heavy (non-hydrogen) atoms. The summed E-state index contributed by atoms with van der Waals surface area (Å²) in [7, 11) is -1.09. The Bertz CT molecular complexity index is 1140. The highest BCUT2D eigenvalue weighted by molar-refractivity contribution is 8.28. The largest absolute Gasteiger partial charge is 0.462 e. The van der Waals surface area contributed by atoms with Crippen LogP contribution in [0.15, 0.2) is 12.2 Å². The molecule has 0 saturated heterocycles. The maximum atomic E-state index is 12.7. The highest BCUT2D eigenvalue weighted by Gasteiger charge is 2.60. The van der Waals surface area contributed by atoms with Crippen LogP contribution in [0.2, 0.25) is 0 Å². The molecule has 0 amide bonds. The van der Waals surface area contributed by atoms with Gasteiger partial charge in [0, 0.05) is 6.61 Å². The van der Waals surface area contributed by atoms with Crippen LogP contribution < -0.4 is 0 Å².